The topological polar surface area (TPSA) is 84.2 Å². The first-order valence-corrected chi connectivity index (χ1v) is 13.7. The second-order valence-corrected chi connectivity index (χ2v) is 11.1. The standard InChI is InChI=1S/C31H41N3O5/c1-20(2)18-39-31(37)32(5)16-27-21(3)15-34(22(4)17-35)30(36)29-28(24-12-8-7-11-23(24)19-38-27)25-13-9-10-14-26(25)33(29)6/h7-14,20-22,27,35H,15-19H2,1-6H3/t21-,22-,27-/m0/s1. The van der Waals surface area contributed by atoms with Gasteiger partial charge in [0.2, 0.25) is 0 Å². The Bertz CT molecular complexity index is 1320. The summed E-state index contributed by atoms with van der Waals surface area (Å²) in [6, 6.07) is 15.6. The molecule has 1 aliphatic rings. The number of aryl methyl sites for hydroxylation is 1. The molecule has 0 fully saturated rings. The number of carbonyl (C=O) groups excluding carboxylic acids is 2. The van der Waals surface area contributed by atoms with Crippen LogP contribution < -0.4 is 0 Å². The SMILES string of the molecule is CC(C)COC(=O)N(C)C[C@@H]1OCc2ccccc2-c2c(n(C)c3ccccc23)C(=O)N([C@@H](C)CO)C[C@@H]1C. The van der Waals surface area contributed by atoms with E-state index < -0.39 is 12.1 Å². The van der Waals surface area contributed by atoms with Crippen LogP contribution in [0, 0.1) is 11.8 Å². The van der Waals surface area contributed by atoms with Gasteiger partial charge in [0.1, 0.15) is 5.69 Å². The van der Waals surface area contributed by atoms with Crippen molar-refractivity contribution in [3.8, 4) is 11.1 Å². The van der Waals surface area contributed by atoms with Crippen LogP contribution >= 0.6 is 0 Å². The van der Waals surface area contributed by atoms with Crippen molar-refractivity contribution >= 4 is 22.9 Å². The molecule has 0 radical (unpaired) electrons. The van der Waals surface area contributed by atoms with E-state index in [9.17, 15) is 14.7 Å². The van der Waals surface area contributed by atoms with Gasteiger partial charge in [0.15, 0.2) is 0 Å². The van der Waals surface area contributed by atoms with Crippen LogP contribution in [-0.2, 0) is 23.1 Å². The summed E-state index contributed by atoms with van der Waals surface area (Å²) in [6.07, 6.45) is -0.765. The van der Waals surface area contributed by atoms with Gasteiger partial charge in [-0.1, -0.05) is 63.2 Å². The Morgan fingerprint density at radius 1 is 1.15 bits per heavy atom. The molecule has 0 saturated heterocycles. The van der Waals surface area contributed by atoms with E-state index in [0.29, 0.717) is 32.0 Å². The van der Waals surface area contributed by atoms with Crippen LogP contribution in [0.3, 0.4) is 0 Å². The van der Waals surface area contributed by atoms with Crippen LogP contribution in [-0.4, -0.2) is 77.0 Å². The van der Waals surface area contributed by atoms with Crippen LogP contribution in [0.5, 0.6) is 0 Å². The van der Waals surface area contributed by atoms with Gasteiger partial charge in [0, 0.05) is 43.0 Å². The molecule has 3 aromatic rings. The lowest BCUT2D eigenvalue weighted by Crippen LogP contribution is -2.48. The summed E-state index contributed by atoms with van der Waals surface area (Å²) in [4.78, 5) is 30.3. The zero-order valence-electron chi connectivity index (χ0n) is 23.9. The predicted octanol–water partition coefficient (Wildman–Crippen LogP) is 4.93. The lowest BCUT2D eigenvalue weighted by Gasteiger charge is -2.35. The van der Waals surface area contributed by atoms with Crippen molar-refractivity contribution in [3.63, 3.8) is 0 Å². The van der Waals surface area contributed by atoms with Crippen LogP contribution in [0.4, 0.5) is 4.79 Å². The molecule has 0 saturated carbocycles. The van der Waals surface area contributed by atoms with Gasteiger partial charge in [-0.3, -0.25) is 4.79 Å². The number of fused-ring (bicyclic) bond motifs is 5. The summed E-state index contributed by atoms with van der Waals surface area (Å²) in [5, 5.41) is 11.1. The summed E-state index contributed by atoms with van der Waals surface area (Å²) < 4.78 is 13.9. The van der Waals surface area contributed by atoms with Crippen molar-refractivity contribution in [3.05, 3.63) is 59.8 Å². The van der Waals surface area contributed by atoms with Gasteiger partial charge in [-0.05, 0) is 30.0 Å². The number of rotatable bonds is 6. The first-order chi connectivity index (χ1) is 18.6. The second kappa shape index (κ2) is 12.2. The molecule has 2 heterocycles. The monoisotopic (exact) mass is 535 g/mol. The maximum Gasteiger partial charge on any atom is 0.409 e. The highest BCUT2D eigenvalue weighted by Crippen LogP contribution is 2.38. The molecule has 0 unspecified atom stereocenters. The largest absolute Gasteiger partial charge is 0.449 e. The Hall–Kier alpha value is -3.36. The van der Waals surface area contributed by atoms with Gasteiger partial charge in [0.05, 0.1) is 38.5 Å². The maximum atomic E-state index is 14.4. The van der Waals surface area contributed by atoms with Crippen molar-refractivity contribution in [1.29, 1.82) is 0 Å². The molecule has 0 aliphatic carbocycles. The number of aliphatic hydroxyl groups is 1. The lowest BCUT2D eigenvalue weighted by molar-refractivity contribution is -0.0235. The Balaban J connectivity index is 1.80. The van der Waals surface area contributed by atoms with E-state index in [0.717, 1.165) is 27.6 Å². The van der Waals surface area contributed by atoms with Gasteiger partial charge in [-0.15, -0.1) is 0 Å². The van der Waals surface area contributed by atoms with Gasteiger partial charge >= 0.3 is 6.09 Å². The fraction of sp³-hybridized carbons (Fsp3) is 0.484. The number of hydrogen-bond acceptors (Lipinski definition) is 5. The number of ether oxygens (including phenoxy) is 2. The number of nitrogens with zero attached hydrogens (tertiary/aromatic N) is 3. The minimum atomic E-state index is -0.406. The van der Waals surface area contributed by atoms with E-state index in [-0.39, 0.29) is 30.5 Å². The van der Waals surface area contributed by atoms with Crippen molar-refractivity contribution < 1.29 is 24.2 Å². The fourth-order valence-corrected chi connectivity index (χ4v) is 5.22. The van der Waals surface area contributed by atoms with Crippen molar-refractivity contribution in [2.24, 2.45) is 18.9 Å². The summed E-state index contributed by atoms with van der Waals surface area (Å²) >= 11 is 0. The third-order valence-electron chi connectivity index (χ3n) is 7.53. The number of likely N-dealkylation sites (N-methyl/N-ethyl adjacent to an activating group) is 1. The highest BCUT2D eigenvalue weighted by atomic mass is 16.6. The van der Waals surface area contributed by atoms with Crippen molar-refractivity contribution in [1.82, 2.24) is 14.4 Å². The molecule has 8 nitrogen and oxygen atoms in total. The number of benzene rings is 2. The molecule has 1 aromatic heterocycles. The smallest absolute Gasteiger partial charge is 0.409 e. The fourth-order valence-electron chi connectivity index (χ4n) is 5.22. The number of carbonyl (C=O) groups is 2. The predicted molar refractivity (Wildman–Crippen MR) is 152 cm³/mol. The van der Waals surface area contributed by atoms with E-state index in [4.69, 9.17) is 9.47 Å². The third-order valence-corrected chi connectivity index (χ3v) is 7.53. The van der Waals surface area contributed by atoms with E-state index in [1.165, 1.54) is 0 Å². The van der Waals surface area contributed by atoms with Crippen molar-refractivity contribution in [2.75, 3.05) is 33.4 Å². The average molecular weight is 536 g/mol. The minimum Gasteiger partial charge on any atom is -0.449 e. The molecule has 2 aromatic carbocycles. The third kappa shape index (κ3) is 5.97. The Morgan fingerprint density at radius 3 is 2.56 bits per heavy atom. The molecule has 0 bridgehead atoms. The molecule has 3 atom stereocenters. The zero-order valence-corrected chi connectivity index (χ0v) is 23.9. The van der Waals surface area contributed by atoms with Crippen molar-refractivity contribution in [2.45, 2.75) is 46.4 Å². The number of amides is 2. The number of aromatic nitrogens is 1. The molecule has 2 amide bonds. The summed E-state index contributed by atoms with van der Waals surface area (Å²) in [5.41, 5.74) is 4.32. The highest BCUT2D eigenvalue weighted by molar-refractivity contribution is 6.10. The summed E-state index contributed by atoms with van der Waals surface area (Å²) in [5.74, 6) is -0.0346. The van der Waals surface area contributed by atoms with Crippen LogP contribution in [0.15, 0.2) is 48.5 Å². The first-order valence-electron chi connectivity index (χ1n) is 13.7. The van der Waals surface area contributed by atoms with Gasteiger partial charge in [-0.2, -0.15) is 0 Å². The van der Waals surface area contributed by atoms with Gasteiger partial charge in [-0.25, -0.2) is 4.79 Å². The summed E-state index contributed by atoms with van der Waals surface area (Å²) in [6.45, 7) is 9.04. The quantitative estimate of drug-likeness (QED) is 0.484. The van der Waals surface area contributed by atoms with Crippen LogP contribution in [0.1, 0.15) is 43.7 Å². The molecule has 1 N–H and O–H groups in total. The minimum absolute atomic E-state index is 0.133. The van der Waals surface area contributed by atoms with Gasteiger partial charge < -0.3 is 28.9 Å². The molecule has 1 aliphatic heterocycles. The van der Waals surface area contributed by atoms with E-state index >= 15 is 0 Å². The Labute approximate surface area is 231 Å². The van der Waals surface area contributed by atoms with Crippen LogP contribution in [0.2, 0.25) is 0 Å². The molecule has 39 heavy (non-hydrogen) atoms. The maximum absolute atomic E-state index is 14.4. The number of hydrogen-bond donors (Lipinski definition) is 1. The van der Waals surface area contributed by atoms with E-state index in [2.05, 4.69) is 0 Å². The summed E-state index contributed by atoms with van der Waals surface area (Å²) in [7, 11) is 3.63. The molecular formula is C31H41N3O5. The highest BCUT2D eigenvalue weighted by Gasteiger charge is 2.34. The lowest BCUT2D eigenvalue weighted by atomic mass is 9.96. The Morgan fingerprint density at radius 2 is 1.85 bits per heavy atom. The molecular weight excluding hydrogens is 494 g/mol. The molecule has 8 heteroatoms. The molecule has 0 spiro atoms. The average Bonchev–Trinajstić information content (AvgIpc) is 3.22. The van der Waals surface area contributed by atoms with E-state index in [1.807, 2.05) is 87.8 Å². The number of aliphatic hydroxyl groups excluding tert-OH is 1. The first kappa shape index (κ1) is 28.6. The second-order valence-electron chi connectivity index (χ2n) is 11.1. The van der Waals surface area contributed by atoms with E-state index in [1.54, 1.807) is 16.8 Å². The molecule has 210 valence electrons. The van der Waals surface area contributed by atoms with Gasteiger partial charge in [0.25, 0.3) is 5.91 Å². The van der Waals surface area contributed by atoms with Crippen LogP contribution in [0.25, 0.3) is 22.0 Å². The zero-order chi connectivity index (χ0) is 28.3. The molecule has 4 rings (SSSR count). The normalized spacial score (nSPS) is 18.9. The Kier molecular flexibility index (Phi) is 8.97. The number of para-hydroxylation sites is 1.